The number of aryl methyl sites for hydroxylation is 1. The molecule has 4 nitrogen and oxygen atoms in total. The van der Waals surface area contributed by atoms with Crippen LogP contribution in [-0.2, 0) is 4.79 Å². The Bertz CT molecular complexity index is 416. The molecule has 0 radical (unpaired) electrons. The first kappa shape index (κ1) is 12.3. The maximum atomic E-state index is 11.8. The molecular formula is C12H16ClN3O. The molecule has 1 fully saturated rings. The van der Waals surface area contributed by atoms with E-state index in [4.69, 9.17) is 11.6 Å². The molecule has 1 aromatic rings. The van der Waals surface area contributed by atoms with Crippen LogP contribution >= 0.6 is 11.6 Å². The summed E-state index contributed by atoms with van der Waals surface area (Å²) in [7, 11) is 0. The maximum absolute atomic E-state index is 11.8. The van der Waals surface area contributed by atoms with Gasteiger partial charge in [0.25, 0.3) is 0 Å². The van der Waals surface area contributed by atoms with E-state index in [2.05, 4.69) is 15.6 Å². The molecule has 92 valence electrons. The van der Waals surface area contributed by atoms with E-state index in [1.165, 1.54) is 0 Å². The molecule has 1 aliphatic rings. The van der Waals surface area contributed by atoms with Crippen molar-refractivity contribution in [2.24, 2.45) is 5.92 Å². The second kappa shape index (κ2) is 5.47. The van der Waals surface area contributed by atoms with Crippen LogP contribution in [-0.4, -0.2) is 24.0 Å². The first-order chi connectivity index (χ1) is 8.15. The fourth-order valence-electron chi connectivity index (χ4n) is 1.99. The van der Waals surface area contributed by atoms with E-state index in [0.29, 0.717) is 23.2 Å². The quantitative estimate of drug-likeness (QED) is 0.810. The number of hydrogen-bond donors (Lipinski definition) is 2. The zero-order valence-corrected chi connectivity index (χ0v) is 10.5. The summed E-state index contributed by atoms with van der Waals surface area (Å²) in [6, 6.07) is 1.83. The Hall–Kier alpha value is -1.13. The number of hydrogen-bond acceptors (Lipinski definition) is 3. The molecule has 1 saturated heterocycles. The van der Waals surface area contributed by atoms with Gasteiger partial charge in [-0.05, 0) is 44.0 Å². The highest BCUT2D eigenvalue weighted by molar-refractivity contribution is 6.30. The summed E-state index contributed by atoms with van der Waals surface area (Å²) in [6.45, 7) is 3.82. The summed E-state index contributed by atoms with van der Waals surface area (Å²) in [5.41, 5.74) is 1.58. The van der Waals surface area contributed by atoms with Crippen LogP contribution in [0.4, 0.5) is 5.69 Å². The normalized spacial score (nSPS) is 19.3. The second-order valence-corrected chi connectivity index (χ2v) is 4.80. The topological polar surface area (TPSA) is 54.0 Å². The second-order valence-electron chi connectivity index (χ2n) is 4.44. The van der Waals surface area contributed by atoms with Crippen LogP contribution in [0.2, 0.25) is 5.15 Å². The number of anilines is 1. The molecule has 2 heterocycles. The molecule has 1 amide bonds. The summed E-state index contributed by atoms with van der Waals surface area (Å²) in [5, 5.41) is 6.57. The van der Waals surface area contributed by atoms with Gasteiger partial charge < -0.3 is 10.6 Å². The number of nitrogens with zero attached hydrogens (tertiary/aromatic N) is 1. The van der Waals surface area contributed by atoms with Crippen LogP contribution < -0.4 is 10.6 Å². The van der Waals surface area contributed by atoms with Crippen molar-refractivity contribution >= 4 is 23.2 Å². The van der Waals surface area contributed by atoms with Gasteiger partial charge in [-0.2, -0.15) is 0 Å². The van der Waals surface area contributed by atoms with Crippen molar-refractivity contribution in [1.29, 1.82) is 0 Å². The van der Waals surface area contributed by atoms with Gasteiger partial charge in [0.2, 0.25) is 5.91 Å². The van der Waals surface area contributed by atoms with Crippen molar-refractivity contribution < 1.29 is 4.79 Å². The molecule has 2 N–H and O–H groups in total. The molecule has 2 rings (SSSR count). The lowest BCUT2D eigenvalue weighted by molar-refractivity contribution is -0.116. The molecule has 0 aromatic carbocycles. The predicted octanol–water partition coefficient (Wildman–Crippen LogP) is 1.98. The average molecular weight is 254 g/mol. The van der Waals surface area contributed by atoms with E-state index in [1.54, 1.807) is 6.20 Å². The van der Waals surface area contributed by atoms with Gasteiger partial charge in [0.05, 0.1) is 11.9 Å². The van der Waals surface area contributed by atoms with Crippen LogP contribution in [0.5, 0.6) is 0 Å². The number of halogens is 1. The van der Waals surface area contributed by atoms with Crippen LogP contribution in [0.3, 0.4) is 0 Å². The minimum absolute atomic E-state index is 0.0437. The number of carbonyl (C=O) groups is 1. The molecule has 0 spiro atoms. The van der Waals surface area contributed by atoms with E-state index in [0.717, 1.165) is 25.1 Å². The van der Waals surface area contributed by atoms with E-state index >= 15 is 0 Å². The molecule has 5 heteroatoms. The van der Waals surface area contributed by atoms with Crippen molar-refractivity contribution in [3.05, 3.63) is 23.0 Å². The van der Waals surface area contributed by atoms with E-state index in [-0.39, 0.29) is 5.91 Å². The summed E-state index contributed by atoms with van der Waals surface area (Å²) in [4.78, 5) is 15.8. The van der Waals surface area contributed by atoms with Crippen LogP contribution in [0.25, 0.3) is 0 Å². The first-order valence-corrected chi connectivity index (χ1v) is 6.15. The molecule has 1 atom stereocenters. The fraction of sp³-hybridized carbons (Fsp3) is 0.500. The smallest absolute Gasteiger partial charge is 0.224 e. The van der Waals surface area contributed by atoms with Crippen molar-refractivity contribution in [3.8, 4) is 0 Å². The Morgan fingerprint density at radius 3 is 3.18 bits per heavy atom. The zero-order valence-electron chi connectivity index (χ0n) is 9.79. The number of aromatic nitrogens is 1. The summed E-state index contributed by atoms with van der Waals surface area (Å²) in [5.74, 6) is 0.499. The minimum atomic E-state index is 0.0437. The van der Waals surface area contributed by atoms with Crippen LogP contribution in [0.15, 0.2) is 12.3 Å². The van der Waals surface area contributed by atoms with Crippen LogP contribution in [0, 0.1) is 12.8 Å². The molecule has 0 bridgehead atoms. The summed E-state index contributed by atoms with van der Waals surface area (Å²) < 4.78 is 0. The third kappa shape index (κ3) is 3.41. The lowest BCUT2D eigenvalue weighted by Gasteiger charge is -2.09. The Morgan fingerprint density at radius 2 is 2.53 bits per heavy atom. The number of carbonyl (C=O) groups excluding carboxylic acids is 1. The van der Waals surface area contributed by atoms with Crippen molar-refractivity contribution in [2.45, 2.75) is 19.8 Å². The molecule has 1 aliphatic heterocycles. The van der Waals surface area contributed by atoms with Gasteiger partial charge in [-0.1, -0.05) is 11.6 Å². The van der Waals surface area contributed by atoms with E-state index in [1.807, 2.05) is 13.0 Å². The van der Waals surface area contributed by atoms with Crippen molar-refractivity contribution in [1.82, 2.24) is 10.3 Å². The Balaban J connectivity index is 1.90. The van der Waals surface area contributed by atoms with Crippen molar-refractivity contribution in [2.75, 3.05) is 18.4 Å². The molecule has 0 saturated carbocycles. The van der Waals surface area contributed by atoms with Gasteiger partial charge in [-0.15, -0.1) is 0 Å². The number of nitrogens with one attached hydrogen (secondary N) is 2. The lowest BCUT2D eigenvalue weighted by Crippen LogP contribution is -2.18. The highest BCUT2D eigenvalue weighted by Crippen LogP contribution is 2.17. The zero-order chi connectivity index (χ0) is 12.3. The average Bonchev–Trinajstić information content (AvgIpc) is 2.76. The molecule has 1 unspecified atom stereocenters. The minimum Gasteiger partial charge on any atom is -0.325 e. The lowest BCUT2D eigenvalue weighted by atomic mass is 10.0. The number of amides is 1. The van der Waals surface area contributed by atoms with Gasteiger partial charge >= 0.3 is 0 Å². The molecule has 1 aromatic heterocycles. The third-order valence-corrected chi connectivity index (χ3v) is 3.33. The summed E-state index contributed by atoms with van der Waals surface area (Å²) >= 11 is 5.82. The van der Waals surface area contributed by atoms with Gasteiger partial charge in [0.15, 0.2) is 0 Å². The summed E-state index contributed by atoms with van der Waals surface area (Å²) in [6.07, 6.45) is 3.22. The third-order valence-electron chi connectivity index (χ3n) is 2.93. The van der Waals surface area contributed by atoms with E-state index in [9.17, 15) is 4.79 Å². The highest BCUT2D eigenvalue weighted by Gasteiger charge is 2.18. The largest absolute Gasteiger partial charge is 0.325 e. The highest BCUT2D eigenvalue weighted by atomic mass is 35.5. The van der Waals surface area contributed by atoms with Gasteiger partial charge in [0, 0.05) is 6.42 Å². The Morgan fingerprint density at radius 1 is 1.71 bits per heavy atom. The fourth-order valence-corrected chi connectivity index (χ4v) is 2.09. The number of pyridine rings is 1. The maximum Gasteiger partial charge on any atom is 0.224 e. The first-order valence-electron chi connectivity index (χ1n) is 5.78. The number of rotatable bonds is 3. The molecule has 17 heavy (non-hydrogen) atoms. The molecule has 0 aliphatic carbocycles. The Labute approximate surface area is 106 Å². The van der Waals surface area contributed by atoms with Gasteiger partial charge in [-0.3, -0.25) is 4.79 Å². The predicted molar refractivity (Wildman–Crippen MR) is 68.2 cm³/mol. The standard InChI is InChI=1S/C12H16ClN3O/c1-8-4-10(7-15-12(8)13)16-11(17)5-9-2-3-14-6-9/h4,7,9,14H,2-3,5-6H2,1H3,(H,16,17). The van der Waals surface area contributed by atoms with Crippen molar-refractivity contribution in [3.63, 3.8) is 0 Å². The monoisotopic (exact) mass is 253 g/mol. The SMILES string of the molecule is Cc1cc(NC(=O)CC2CCNC2)cnc1Cl. The van der Waals surface area contributed by atoms with Gasteiger partial charge in [-0.25, -0.2) is 4.98 Å². The van der Waals surface area contributed by atoms with Crippen LogP contribution in [0.1, 0.15) is 18.4 Å². The van der Waals surface area contributed by atoms with Gasteiger partial charge in [0.1, 0.15) is 5.15 Å². The van der Waals surface area contributed by atoms with E-state index < -0.39 is 0 Å². The molecular weight excluding hydrogens is 238 g/mol. The Kier molecular flexibility index (Phi) is 3.97.